The molecule has 0 radical (unpaired) electrons. The Bertz CT molecular complexity index is 480. The lowest BCUT2D eigenvalue weighted by Crippen LogP contribution is -2.19. The standard InChI is InChI=1S/C16H22N2OS/c1-13(2)9-17-10-15-3-4-16(11-18-15)19-7-5-14-6-8-20-12-14/h3-4,6,8,11-13,17H,5,7,9-10H2,1-2H3. The first-order chi connectivity index (χ1) is 9.74. The number of rotatable bonds is 8. The van der Waals surface area contributed by atoms with Crippen molar-refractivity contribution in [1.82, 2.24) is 10.3 Å². The molecule has 20 heavy (non-hydrogen) atoms. The van der Waals surface area contributed by atoms with Crippen LogP contribution in [-0.2, 0) is 13.0 Å². The maximum absolute atomic E-state index is 5.70. The lowest BCUT2D eigenvalue weighted by molar-refractivity contribution is 0.320. The van der Waals surface area contributed by atoms with Crippen molar-refractivity contribution in [1.29, 1.82) is 0 Å². The van der Waals surface area contributed by atoms with E-state index in [1.54, 1.807) is 17.5 Å². The highest BCUT2D eigenvalue weighted by atomic mass is 32.1. The number of thiophene rings is 1. The summed E-state index contributed by atoms with van der Waals surface area (Å²) in [5.74, 6) is 1.50. The molecule has 0 fully saturated rings. The molecule has 0 saturated carbocycles. The largest absolute Gasteiger partial charge is 0.492 e. The van der Waals surface area contributed by atoms with E-state index in [-0.39, 0.29) is 0 Å². The van der Waals surface area contributed by atoms with Crippen LogP contribution in [0.15, 0.2) is 35.2 Å². The van der Waals surface area contributed by atoms with E-state index in [0.717, 1.165) is 31.0 Å². The lowest BCUT2D eigenvalue weighted by Gasteiger charge is -2.08. The molecule has 3 nitrogen and oxygen atoms in total. The summed E-state index contributed by atoms with van der Waals surface area (Å²) >= 11 is 1.72. The lowest BCUT2D eigenvalue weighted by atomic mass is 10.2. The third kappa shape index (κ3) is 5.31. The van der Waals surface area contributed by atoms with Crippen LogP contribution in [0.25, 0.3) is 0 Å². The van der Waals surface area contributed by atoms with Gasteiger partial charge in [0.2, 0.25) is 0 Å². The summed E-state index contributed by atoms with van der Waals surface area (Å²) in [6.07, 6.45) is 2.75. The minimum atomic E-state index is 0.662. The summed E-state index contributed by atoms with van der Waals surface area (Å²) < 4.78 is 5.70. The predicted molar refractivity (Wildman–Crippen MR) is 84.3 cm³/mol. The van der Waals surface area contributed by atoms with Crippen molar-refractivity contribution in [3.63, 3.8) is 0 Å². The average molecular weight is 290 g/mol. The summed E-state index contributed by atoms with van der Waals surface area (Å²) in [4.78, 5) is 4.41. The number of hydrogen-bond donors (Lipinski definition) is 1. The Balaban J connectivity index is 1.71. The first kappa shape index (κ1) is 15.0. The van der Waals surface area contributed by atoms with Crippen LogP contribution in [0.1, 0.15) is 25.1 Å². The Kier molecular flexibility index (Phi) is 6.02. The van der Waals surface area contributed by atoms with E-state index in [2.05, 4.69) is 41.0 Å². The fourth-order valence-electron chi connectivity index (χ4n) is 1.81. The summed E-state index contributed by atoms with van der Waals surface area (Å²) in [7, 11) is 0. The van der Waals surface area contributed by atoms with Crippen LogP contribution < -0.4 is 10.1 Å². The first-order valence-electron chi connectivity index (χ1n) is 7.03. The van der Waals surface area contributed by atoms with Crippen molar-refractivity contribution in [3.05, 3.63) is 46.4 Å². The maximum atomic E-state index is 5.70. The fourth-order valence-corrected chi connectivity index (χ4v) is 2.51. The zero-order chi connectivity index (χ0) is 14.2. The van der Waals surface area contributed by atoms with Gasteiger partial charge in [0.05, 0.1) is 18.5 Å². The van der Waals surface area contributed by atoms with Crippen molar-refractivity contribution < 1.29 is 4.74 Å². The van der Waals surface area contributed by atoms with Gasteiger partial charge < -0.3 is 10.1 Å². The second-order valence-electron chi connectivity index (χ2n) is 5.24. The molecular formula is C16H22N2OS. The molecule has 0 unspecified atom stereocenters. The molecule has 4 heteroatoms. The molecule has 0 aliphatic heterocycles. The number of hydrogen-bond acceptors (Lipinski definition) is 4. The molecule has 0 aliphatic rings. The van der Waals surface area contributed by atoms with Crippen LogP contribution in [-0.4, -0.2) is 18.1 Å². The molecule has 0 bridgehead atoms. The fraction of sp³-hybridized carbons (Fsp3) is 0.438. The first-order valence-corrected chi connectivity index (χ1v) is 7.98. The van der Waals surface area contributed by atoms with E-state index in [0.29, 0.717) is 12.5 Å². The molecule has 2 aromatic rings. The van der Waals surface area contributed by atoms with Crippen LogP contribution in [0.3, 0.4) is 0 Å². The number of nitrogens with zero attached hydrogens (tertiary/aromatic N) is 1. The highest BCUT2D eigenvalue weighted by Gasteiger charge is 1.99. The van der Waals surface area contributed by atoms with E-state index in [9.17, 15) is 0 Å². The molecule has 0 atom stereocenters. The molecule has 2 heterocycles. The summed E-state index contributed by atoms with van der Waals surface area (Å²) in [5, 5.41) is 7.63. The molecule has 0 saturated heterocycles. The number of aromatic nitrogens is 1. The van der Waals surface area contributed by atoms with Crippen molar-refractivity contribution in [3.8, 4) is 5.75 Å². The van der Waals surface area contributed by atoms with Gasteiger partial charge in [0.15, 0.2) is 0 Å². The third-order valence-corrected chi connectivity index (χ3v) is 3.63. The average Bonchev–Trinajstić information content (AvgIpc) is 2.93. The third-order valence-electron chi connectivity index (χ3n) is 2.90. The normalized spacial score (nSPS) is 10.9. The van der Waals surface area contributed by atoms with Gasteiger partial charge in [-0.3, -0.25) is 4.98 Å². The molecular weight excluding hydrogens is 268 g/mol. The predicted octanol–water partition coefficient (Wildman–Crippen LogP) is 3.51. The highest BCUT2D eigenvalue weighted by Crippen LogP contribution is 2.11. The zero-order valence-corrected chi connectivity index (χ0v) is 13.0. The van der Waals surface area contributed by atoms with Gasteiger partial charge in [-0.15, -0.1) is 0 Å². The minimum absolute atomic E-state index is 0.662. The van der Waals surface area contributed by atoms with Gasteiger partial charge in [-0.05, 0) is 47.0 Å². The maximum Gasteiger partial charge on any atom is 0.137 e. The van der Waals surface area contributed by atoms with Gasteiger partial charge in [-0.25, -0.2) is 0 Å². The number of pyridine rings is 1. The Labute approximate surface area is 125 Å². The van der Waals surface area contributed by atoms with Crippen LogP contribution in [0.5, 0.6) is 5.75 Å². The van der Waals surface area contributed by atoms with E-state index < -0.39 is 0 Å². The van der Waals surface area contributed by atoms with E-state index in [1.807, 2.05) is 12.1 Å². The second-order valence-corrected chi connectivity index (χ2v) is 6.02. The monoisotopic (exact) mass is 290 g/mol. The molecule has 0 spiro atoms. The molecule has 108 valence electrons. The van der Waals surface area contributed by atoms with Gasteiger partial charge in [0.25, 0.3) is 0 Å². The zero-order valence-electron chi connectivity index (χ0n) is 12.1. The quantitative estimate of drug-likeness (QED) is 0.808. The molecule has 2 rings (SSSR count). The van der Waals surface area contributed by atoms with E-state index in [4.69, 9.17) is 4.74 Å². The van der Waals surface area contributed by atoms with E-state index >= 15 is 0 Å². The van der Waals surface area contributed by atoms with Crippen molar-refractivity contribution >= 4 is 11.3 Å². The Morgan fingerprint density at radius 3 is 2.85 bits per heavy atom. The Hall–Kier alpha value is -1.39. The van der Waals surface area contributed by atoms with Gasteiger partial charge in [0.1, 0.15) is 5.75 Å². The molecule has 0 aliphatic carbocycles. The SMILES string of the molecule is CC(C)CNCc1ccc(OCCc2ccsc2)cn1. The number of ether oxygens (including phenoxy) is 1. The number of nitrogens with one attached hydrogen (secondary N) is 1. The summed E-state index contributed by atoms with van der Waals surface area (Å²) in [5.41, 5.74) is 2.38. The molecule has 1 N–H and O–H groups in total. The summed E-state index contributed by atoms with van der Waals surface area (Å²) in [6.45, 7) is 6.92. The van der Waals surface area contributed by atoms with Crippen molar-refractivity contribution in [2.75, 3.05) is 13.2 Å². The van der Waals surface area contributed by atoms with Crippen molar-refractivity contribution in [2.24, 2.45) is 5.92 Å². The Morgan fingerprint density at radius 2 is 2.20 bits per heavy atom. The van der Waals surface area contributed by atoms with Gasteiger partial charge in [-0.1, -0.05) is 13.8 Å². The van der Waals surface area contributed by atoms with Crippen LogP contribution in [0.2, 0.25) is 0 Å². The molecule has 0 aromatic carbocycles. The smallest absolute Gasteiger partial charge is 0.137 e. The van der Waals surface area contributed by atoms with E-state index in [1.165, 1.54) is 5.56 Å². The summed E-state index contributed by atoms with van der Waals surface area (Å²) in [6, 6.07) is 6.15. The van der Waals surface area contributed by atoms with Crippen LogP contribution in [0.4, 0.5) is 0 Å². The second kappa shape index (κ2) is 8.02. The molecule has 2 aromatic heterocycles. The topological polar surface area (TPSA) is 34.1 Å². The van der Waals surface area contributed by atoms with Gasteiger partial charge in [0, 0.05) is 13.0 Å². The highest BCUT2D eigenvalue weighted by molar-refractivity contribution is 7.07. The van der Waals surface area contributed by atoms with Gasteiger partial charge >= 0.3 is 0 Å². The van der Waals surface area contributed by atoms with Crippen LogP contribution in [0, 0.1) is 5.92 Å². The van der Waals surface area contributed by atoms with Gasteiger partial charge in [-0.2, -0.15) is 11.3 Å². The minimum Gasteiger partial charge on any atom is -0.492 e. The van der Waals surface area contributed by atoms with Crippen LogP contribution >= 0.6 is 11.3 Å². The molecule has 0 amide bonds. The van der Waals surface area contributed by atoms with Crippen molar-refractivity contribution in [2.45, 2.75) is 26.8 Å². The Morgan fingerprint density at radius 1 is 1.30 bits per heavy atom.